The van der Waals surface area contributed by atoms with Gasteiger partial charge in [0.1, 0.15) is 11.5 Å². The molecule has 1 aliphatic carbocycles. The Balaban J connectivity index is 1.68. The molecule has 0 unspecified atom stereocenters. The van der Waals surface area contributed by atoms with E-state index in [-0.39, 0.29) is 41.1 Å². The molecule has 1 saturated carbocycles. The second kappa shape index (κ2) is 9.77. The molecule has 4 rings (SSSR count). The molecule has 9 heteroatoms. The van der Waals surface area contributed by atoms with Crippen molar-refractivity contribution in [2.24, 2.45) is 0 Å². The molecule has 0 radical (unpaired) electrons. The minimum Gasteiger partial charge on any atom is -0.393 e. The van der Waals surface area contributed by atoms with E-state index in [4.69, 9.17) is 0 Å². The number of anilines is 1. The van der Waals surface area contributed by atoms with Crippen molar-refractivity contribution in [2.45, 2.75) is 84.0 Å². The molecule has 2 amide bonds. The highest BCUT2D eigenvalue weighted by molar-refractivity contribution is 7.17. The number of hydrogen-bond acceptors (Lipinski definition) is 7. The zero-order chi connectivity index (χ0) is 23.7. The molecule has 0 spiro atoms. The number of rotatable bonds is 6. The number of aliphatic hydroxyl groups excluding tert-OH is 1. The van der Waals surface area contributed by atoms with Crippen LogP contribution in [0, 0.1) is 6.92 Å². The summed E-state index contributed by atoms with van der Waals surface area (Å²) in [4.78, 5) is 38.1. The van der Waals surface area contributed by atoms with Crippen molar-refractivity contribution in [2.75, 3.05) is 11.9 Å². The maximum Gasteiger partial charge on any atom is 0.280 e. The van der Waals surface area contributed by atoms with Crippen LogP contribution in [0.15, 0.2) is 12.3 Å². The van der Waals surface area contributed by atoms with Crippen LogP contribution in [-0.4, -0.2) is 62.6 Å². The number of pyridine rings is 1. The lowest BCUT2D eigenvalue weighted by Gasteiger charge is -2.21. The number of nitrogens with one attached hydrogen (secondary N) is 2. The number of carbonyl (C=O) groups excluding carboxylic acids is 2. The fourth-order valence-electron chi connectivity index (χ4n) is 4.62. The normalized spacial score (nSPS) is 22.7. The summed E-state index contributed by atoms with van der Waals surface area (Å²) in [6.07, 6.45) is 5.31. The van der Waals surface area contributed by atoms with Crippen molar-refractivity contribution >= 4 is 29.0 Å². The summed E-state index contributed by atoms with van der Waals surface area (Å²) in [6, 6.07) is 2.30. The van der Waals surface area contributed by atoms with Crippen molar-refractivity contribution in [3.8, 4) is 10.4 Å². The second-order valence-corrected chi connectivity index (χ2v) is 10.5. The molecule has 3 N–H and O–H groups in total. The summed E-state index contributed by atoms with van der Waals surface area (Å²) in [6.45, 7) is 8.84. The van der Waals surface area contributed by atoms with Crippen LogP contribution >= 0.6 is 11.3 Å². The van der Waals surface area contributed by atoms with E-state index in [1.54, 1.807) is 6.20 Å². The van der Waals surface area contributed by atoms with Crippen LogP contribution in [-0.2, 0) is 0 Å². The number of aryl methyl sites for hydroxylation is 1. The van der Waals surface area contributed by atoms with Crippen molar-refractivity contribution in [3.05, 3.63) is 28.5 Å². The molecule has 1 aliphatic heterocycles. The molecule has 8 nitrogen and oxygen atoms in total. The van der Waals surface area contributed by atoms with Gasteiger partial charge in [-0.1, -0.05) is 0 Å². The van der Waals surface area contributed by atoms with Gasteiger partial charge in [-0.2, -0.15) is 0 Å². The number of thiazole rings is 1. The first kappa shape index (κ1) is 23.6. The Labute approximate surface area is 198 Å². The Morgan fingerprint density at radius 2 is 2.06 bits per heavy atom. The molecular formula is C24H33N5O3S. The van der Waals surface area contributed by atoms with Crippen LogP contribution in [0.1, 0.15) is 78.7 Å². The van der Waals surface area contributed by atoms with Gasteiger partial charge in [0.15, 0.2) is 5.01 Å². The molecule has 1 saturated heterocycles. The van der Waals surface area contributed by atoms with Crippen LogP contribution in [0.5, 0.6) is 0 Å². The lowest BCUT2D eigenvalue weighted by atomic mass is 10.1. The third-order valence-electron chi connectivity index (χ3n) is 6.37. The van der Waals surface area contributed by atoms with Crippen molar-refractivity contribution in [1.82, 2.24) is 20.2 Å². The maximum absolute atomic E-state index is 13.5. The number of aliphatic hydroxyl groups is 1. The highest BCUT2D eigenvalue weighted by atomic mass is 32.1. The fourth-order valence-corrected chi connectivity index (χ4v) is 5.66. The first-order valence-corrected chi connectivity index (χ1v) is 12.6. The quantitative estimate of drug-likeness (QED) is 0.594. The Kier molecular flexibility index (Phi) is 6.99. The second-order valence-electron chi connectivity index (χ2n) is 9.51. The number of amides is 2. The van der Waals surface area contributed by atoms with E-state index < -0.39 is 0 Å². The molecule has 2 aromatic rings. The number of carbonyl (C=O) groups is 2. The van der Waals surface area contributed by atoms with Crippen molar-refractivity contribution < 1.29 is 14.7 Å². The Morgan fingerprint density at radius 3 is 2.67 bits per heavy atom. The van der Waals surface area contributed by atoms with E-state index in [0.29, 0.717) is 30.0 Å². The van der Waals surface area contributed by atoms with Gasteiger partial charge in [0.05, 0.1) is 11.0 Å². The molecule has 2 fully saturated rings. The first-order valence-electron chi connectivity index (χ1n) is 11.8. The van der Waals surface area contributed by atoms with Crippen LogP contribution in [0.4, 0.5) is 5.82 Å². The molecule has 178 valence electrons. The minimum atomic E-state index is -0.373. The first-order chi connectivity index (χ1) is 15.7. The molecule has 3 atom stereocenters. The highest BCUT2D eigenvalue weighted by Gasteiger charge is 2.32. The van der Waals surface area contributed by atoms with Gasteiger partial charge in [-0.3, -0.25) is 9.59 Å². The lowest BCUT2D eigenvalue weighted by Crippen LogP contribution is -2.35. The van der Waals surface area contributed by atoms with Gasteiger partial charge in [-0.15, -0.1) is 11.3 Å². The van der Waals surface area contributed by atoms with E-state index in [0.717, 1.165) is 36.2 Å². The summed E-state index contributed by atoms with van der Waals surface area (Å²) in [5, 5.41) is 16.3. The highest BCUT2D eigenvalue weighted by Crippen LogP contribution is 2.35. The predicted octanol–water partition coefficient (Wildman–Crippen LogP) is 3.60. The third kappa shape index (κ3) is 5.19. The van der Waals surface area contributed by atoms with E-state index in [1.807, 2.05) is 17.9 Å². The van der Waals surface area contributed by atoms with Gasteiger partial charge in [0, 0.05) is 36.4 Å². The van der Waals surface area contributed by atoms with Crippen LogP contribution in [0.2, 0.25) is 0 Å². The van der Waals surface area contributed by atoms with E-state index in [2.05, 4.69) is 41.4 Å². The molecule has 0 bridgehead atoms. The number of aromatic nitrogens is 2. The molecular weight excluding hydrogens is 438 g/mol. The molecule has 2 aromatic heterocycles. The summed E-state index contributed by atoms with van der Waals surface area (Å²) < 4.78 is 0. The molecule has 0 aromatic carbocycles. The Bertz CT molecular complexity index is 1040. The Hall–Kier alpha value is -2.52. The smallest absolute Gasteiger partial charge is 0.280 e. The zero-order valence-electron chi connectivity index (χ0n) is 19.7. The summed E-state index contributed by atoms with van der Waals surface area (Å²) in [5.74, 6) is 0.345. The fraction of sp³-hybridized carbons (Fsp3) is 0.583. The maximum atomic E-state index is 13.5. The van der Waals surface area contributed by atoms with Gasteiger partial charge in [-0.25, -0.2) is 9.97 Å². The van der Waals surface area contributed by atoms with E-state index >= 15 is 0 Å². The van der Waals surface area contributed by atoms with Gasteiger partial charge in [0.25, 0.3) is 11.8 Å². The Morgan fingerprint density at radius 1 is 1.27 bits per heavy atom. The van der Waals surface area contributed by atoms with Gasteiger partial charge < -0.3 is 20.6 Å². The van der Waals surface area contributed by atoms with Crippen LogP contribution in [0.25, 0.3) is 10.4 Å². The van der Waals surface area contributed by atoms with E-state index in [9.17, 15) is 14.7 Å². The monoisotopic (exact) mass is 471 g/mol. The molecule has 33 heavy (non-hydrogen) atoms. The molecule has 3 heterocycles. The third-order valence-corrected chi connectivity index (χ3v) is 7.46. The van der Waals surface area contributed by atoms with Crippen molar-refractivity contribution in [1.29, 1.82) is 0 Å². The van der Waals surface area contributed by atoms with Crippen LogP contribution < -0.4 is 10.6 Å². The SMILES string of the molecule is Cc1cc(NC(C)C)ncc1-c1sc(C(=O)N[C@H]2CC[C@H](O)C2)nc1C(=O)N1CCC[C@@H]1C. The van der Waals surface area contributed by atoms with Gasteiger partial charge in [0.2, 0.25) is 0 Å². The zero-order valence-corrected chi connectivity index (χ0v) is 20.5. The number of likely N-dealkylation sites (tertiary alicyclic amines) is 1. The summed E-state index contributed by atoms with van der Waals surface area (Å²) >= 11 is 1.23. The van der Waals surface area contributed by atoms with E-state index in [1.165, 1.54) is 11.3 Å². The average Bonchev–Trinajstić information content (AvgIpc) is 3.47. The predicted molar refractivity (Wildman–Crippen MR) is 130 cm³/mol. The summed E-state index contributed by atoms with van der Waals surface area (Å²) in [5.41, 5.74) is 2.10. The van der Waals surface area contributed by atoms with Crippen molar-refractivity contribution in [3.63, 3.8) is 0 Å². The molecule has 2 aliphatic rings. The van der Waals surface area contributed by atoms with Crippen LogP contribution in [0.3, 0.4) is 0 Å². The lowest BCUT2D eigenvalue weighted by molar-refractivity contribution is 0.0743. The summed E-state index contributed by atoms with van der Waals surface area (Å²) in [7, 11) is 0. The number of nitrogens with zero attached hydrogens (tertiary/aromatic N) is 3. The standard InChI is InChI=1S/C24H33N5O3S/c1-13(2)26-19-10-14(3)18(12-25-19)21-20(24(32)29-9-5-6-15(29)4)28-23(33-21)22(31)27-16-7-8-17(30)11-16/h10,12-13,15-17,30H,5-9,11H2,1-4H3,(H,25,26)(H,27,31)/t15-,16-,17-/m0/s1. The van der Waals surface area contributed by atoms with Gasteiger partial charge in [-0.05, 0) is 71.4 Å². The topological polar surface area (TPSA) is 107 Å². The minimum absolute atomic E-state index is 0.0672. The average molecular weight is 472 g/mol. The number of hydrogen-bond donors (Lipinski definition) is 3. The van der Waals surface area contributed by atoms with Gasteiger partial charge >= 0.3 is 0 Å². The largest absolute Gasteiger partial charge is 0.393 e.